The van der Waals surface area contributed by atoms with E-state index in [2.05, 4.69) is 63.0 Å². The first-order valence-corrected chi connectivity index (χ1v) is 8.20. The molecule has 1 aromatic rings. The number of methoxy groups -OCH3 is 1. The highest BCUT2D eigenvalue weighted by Crippen LogP contribution is 2.35. The van der Waals surface area contributed by atoms with Crippen molar-refractivity contribution in [1.82, 2.24) is 5.32 Å². The van der Waals surface area contributed by atoms with E-state index in [1.807, 2.05) is 0 Å². The lowest BCUT2D eigenvalue weighted by Gasteiger charge is -2.30. The van der Waals surface area contributed by atoms with Gasteiger partial charge in [0.15, 0.2) is 0 Å². The summed E-state index contributed by atoms with van der Waals surface area (Å²) in [5.41, 5.74) is 2.57. The molecule has 120 valence electrons. The van der Waals surface area contributed by atoms with Crippen molar-refractivity contribution in [2.75, 3.05) is 31.6 Å². The maximum atomic E-state index is 5.62. The maximum Gasteiger partial charge on any atom is 0.125 e. The summed E-state index contributed by atoms with van der Waals surface area (Å²) in [7, 11) is 1.76. The van der Waals surface area contributed by atoms with E-state index in [0.717, 1.165) is 31.8 Å². The highest BCUT2D eigenvalue weighted by atomic mass is 16.5. The van der Waals surface area contributed by atoms with Crippen LogP contribution in [0.15, 0.2) is 18.2 Å². The smallest absolute Gasteiger partial charge is 0.125 e. The van der Waals surface area contributed by atoms with Crippen LogP contribution in [0.3, 0.4) is 0 Å². The molecule has 21 heavy (non-hydrogen) atoms. The average molecular weight is 292 g/mol. The van der Waals surface area contributed by atoms with Crippen LogP contribution in [0, 0.1) is 5.92 Å². The van der Waals surface area contributed by atoms with Gasteiger partial charge in [0.1, 0.15) is 5.75 Å². The van der Waals surface area contributed by atoms with E-state index in [0.29, 0.717) is 5.92 Å². The summed E-state index contributed by atoms with van der Waals surface area (Å²) in [5.74, 6) is 1.62. The number of hydrogen-bond acceptors (Lipinski definition) is 3. The van der Waals surface area contributed by atoms with Crippen molar-refractivity contribution in [3.05, 3.63) is 23.8 Å². The molecule has 1 N–H and O–H groups in total. The zero-order chi connectivity index (χ0) is 15.8. The van der Waals surface area contributed by atoms with Gasteiger partial charge in [-0.25, -0.2) is 0 Å². The van der Waals surface area contributed by atoms with Crippen molar-refractivity contribution >= 4 is 5.69 Å². The first kappa shape index (κ1) is 17.8. The molecule has 0 aliphatic carbocycles. The summed E-state index contributed by atoms with van der Waals surface area (Å²) in [5, 5.41) is 3.59. The number of hydrogen-bond donors (Lipinski definition) is 1. The molecule has 0 aliphatic rings. The van der Waals surface area contributed by atoms with E-state index in [9.17, 15) is 0 Å². The fourth-order valence-corrected chi connectivity index (χ4v) is 2.72. The van der Waals surface area contributed by atoms with E-state index in [4.69, 9.17) is 4.74 Å². The van der Waals surface area contributed by atoms with Crippen LogP contribution in [0.1, 0.15) is 52.6 Å². The van der Waals surface area contributed by atoms with Gasteiger partial charge in [-0.2, -0.15) is 0 Å². The molecule has 1 atom stereocenters. The van der Waals surface area contributed by atoms with Crippen LogP contribution in [0.4, 0.5) is 5.69 Å². The third-order valence-electron chi connectivity index (χ3n) is 3.70. The standard InChI is InChI=1S/C18H32N2O/c1-7-12-19-15(5)18-16(10-9-11-17(18)21-6)20(8-2)13-14(3)4/h9-11,14-15,19H,7-8,12-13H2,1-6H3. The van der Waals surface area contributed by atoms with Gasteiger partial charge >= 0.3 is 0 Å². The zero-order valence-electron chi connectivity index (χ0n) is 14.6. The van der Waals surface area contributed by atoms with Crippen molar-refractivity contribution in [3.63, 3.8) is 0 Å². The molecule has 0 fully saturated rings. The fraction of sp³-hybridized carbons (Fsp3) is 0.667. The first-order chi connectivity index (χ1) is 10.0. The molecule has 0 aromatic heterocycles. The van der Waals surface area contributed by atoms with Crippen LogP contribution < -0.4 is 15.0 Å². The molecular weight excluding hydrogens is 260 g/mol. The molecule has 3 heteroatoms. The van der Waals surface area contributed by atoms with Gasteiger partial charge in [-0.1, -0.05) is 26.8 Å². The Bertz CT molecular complexity index is 418. The minimum Gasteiger partial charge on any atom is -0.496 e. The van der Waals surface area contributed by atoms with E-state index in [-0.39, 0.29) is 6.04 Å². The van der Waals surface area contributed by atoms with Crippen LogP contribution in [-0.2, 0) is 0 Å². The summed E-state index contributed by atoms with van der Waals surface area (Å²) in [6.45, 7) is 14.3. The summed E-state index contributed by atoms with van der Waals surface area (Å²) in [6, 6.07) is 6.66. The number of nitrogens with zero attached hydrogens (tertiary/aromatic N) is 1. The number of ether oxygens (including phenoxy) is 1. The second-order valence-corrected chi connectivity index (χ2v) is 6.00. The molecule has 1 aromatic carbocycles. The van der Waals surface area contributed by atoms with Gasteiger partial charge in [-0.3, -0.25) is 0 Å². The Morgan fingerprint density at radius 1 is 1.19 bits per heavy atom. The van der Waals surface area contributed by atoms with Gasteiger partial charge in [0.2, 0.25) is 0 Å². The van der Waals surface area contributed by atoms with Gasteiger partial charge in [0, 0.05) is 30.4 Å². The Labute approximate surface area is 130 Å². The number of nitrogens with one attached hydrogen (secondary N) is 1. The molecule has 1 rings (SSSR count). The predicted octanol–water partition coefficient (Wildman–Crippen LogP) is 4.24. The topological polar surface area (TPSA) is 24.5 Å². The van der Waals surface area contributed by atoms with E-state index in [1.54, 1.807) is 7.11 Å². The van der Waals surface area contributed by atoms with Crippen molar-refractivity contribution < 1.29 is 4.74 Å². The van der Waals surface area contributed by atoms with Crippen molar-refractivity contribution in [3.8, 4) is 5.75 Å². The van der Waals surface area contributed by atoms with Crippen LogP contribution >= 0.6 is 0 Å². The van der Waals surface area contributed by atoms with Crippen LogP contribution in [0.25, 0.3) is 0 Å². The summed E-state index contributed by atoms with van der Waals surface area (Å²) in [6.07, 6.45) is 1.14. The second-order valence-electron chi connectivity index (χ2n) is 6.00. The third kappa shape index (κ3) is 4.92. The number of benzene rings is 1. The largest absolute Gasteiger partial charge is 0.496 e. The van der Waals surface area contributed by atoms with E-state index in [1.165, 1.54) is 11.3 Å². The number of anilines is 1. The van der Waals surface area contributed by atoms with Crippen LogP contribution in [0.2, 0.25) is 0 Å². The minimum absolute atomic E-state index is 0.289. The Morgan fingerprint density at radius 3 is 2.43 bits per heavy atom. The summed E-state index contributed by atoms with van der Waals surface area (Å²) in [4.78, 5) is 2.45. The molecule has 0 saturated heterocycles. The van der Waals surface area contributed by atoms with Gasteiger partial charge in [0.05, 0.1) is 7.11 Å². The highest BCUT2D eigenvalue weighted by molar-refractivity contribution is 5.60. The molecule has 0 spiro atoms. The van der Waals surface area contributed by atoms with Crippen molar-refractivity contribution in [1.29, 1.82) is 0 Å². The van der Waals surface area contributed by atoms with Crippen molar-refractivity contribution in [2.24, 2.45) is 5.92 Å². The zero-order valence-corrected chi connectivity index (χ0v) is 14.6. The number of rotatable bonds is 9. The summed E-state index contributed by atoms with van der Waals surface area (Å²) < 4.78 is 5.62. The first-order valence-electron chi connectivity index (χ1n) is 8.20. The summed E-state index contributed by atoms with van der Waals surface area (Å²) >= 11 is 0. The van der Waals surface area contributed by atoms with E-state index < -0.39 is 0 Å². The Morgan fingerprint density at radius 2 is 1.90 bits per heavy atom. The molecule has 0 radical (unpaired) electrons. The molecule has 0 heterocycles. The molecule has 1 unspecified atom stereocenters. The molecular formula is C18H32N2O. The molecule has 0 aliphatic heterocycles. The highest BCUT2D eigenvalue weighted by Gasteiger charge is 2.19. The second kappa shape index (κ2) is 8.93. The monoisotopic (exact) mass is 292 g/mol. The van der Waals surface area contributed by atoms with Crippen LogP contribution in [0.5, 0.6) is 5.75 Å². The average Bonchev–Trinajstić information content (AvgIpc) is 2.49. The molecule has 0 bridgehead atoms. The maximum absolute atomic E-state index is 5.62. The van der Waals surface area contributed by atoms with Crippen LogP contribution in [-0.4, -0.2) is 26.7 Å². The lowest BCUT2D eigenvalue weighted by atomic mass is 10.0. The van der Waals surface area contributed by atoms with Gasteiger partial charge in [0.25, 0.3) is 0 Å². The molecule has 0 amide bonds. The lowest BCUT2D eigenvalue weighted by Crippen LogP contribution is -2.30. The normalized spacial score (nSPS) is 12.5. The molecule has 3 nitrogen and oxygen atoms in total. The Hall–Kier alpha value is -1.22. The third-order valence-corrected chi connectivity index (χ3v) is 3.70. The van der Waals surface area contributed by atoms with Gasteiger partial charge in [-0.15, -0.1) is 0 Å². The fourth-order valence-electron chi connectivity index (χ4n) is 2.72. The SMILES string of the molecule is CCCNC(C)c1c(OC)cccc1N(CC)CC(C)C. The molecule has 0 saturated carbocycles. The Kier molecular flexibility index (Phi) is 7.58. The minimum atomic E-state index is 0.289. The van der Waals surface area contributed by atoms with Gasteiger partial charge < -0.3 is 15.0 Å². The van der Waals surface area contributed by atoms with Gasteiger partial charge in [-0.05, 0) is 44.9 Å². The van der Waals surface area contributed by atoms with Crippen molar-refractivity contribution in [2.45, 2.75) is 47.1 Å². The van der Waals surface area contributed by atoms with E-state index >= 15 is 0 Å². The predicted molar refractivity (Wildman–Crippen MR) is 92.4 cm³/mol. The Balaban J connectivity index is 3.17. The lowest BCUT2D eigenvalue weighted by molar-refractivity contribution is 0.401. The quantitative estimate of drug-likeness (QED) is 0.737.